The van der Waals surface area contributed by atoms with Crippen molar-refractivity contribution in [3.05, 3.63) is 22.7 Å². The molecule has 0 unspecified atom stereocenters. The molecule has 1 amide bonds. The van der Waals surface area contributed by atoms with Gasteiger partial charge in [0.1, 0.15) is 5.75 Å². The Balaban J connectivity index is 2.32. The van der Waals surface area contributed by atoms with Gasteiger partial charge < -0.3 is 20.5 Å². The third-order valence-electron chi connectivity index (χ3n) is 2.20. The van der Waals surface area contributed by atoms with E-state index in [2.05, 4.69) is 21.2 Å². The lowest BCUT2D eigenvalue weighted by Crippen LogP contribution is -2.30. The Bertz CT molecular complexity index is 399. The number of ether oxygens (including phenoxy) is 2. The maximum absolute atomic E-state index is 11.5. The first-order chi connectivity index (χ1) is 8.65. The number of anilines is 1. The average molecular weight is 317 g/mol. The molecule has 0 aliphatic rings. The van der Waals surface area contributed by atoms with Crippen molar-refractivity contribution < 1.29 is 14.3 Å². The molecule has 0 bridgehead atoms. The van der Waals surface area contributed by atoms with E-state index in [1.165, 1.54) is 0 Å². The number of nitrogen functional groups attached to an aromatic ring is 1. The number of nitrogens with one attached hydrogen (secondary N) is 1. The third kappa shape index (κ3) is 4.93. The first-order valence-corrected chi connectivity index (χ1v) is 6.37. The largest absolute Gasteiger partial charge is 0.483 e. The van der Waals surface area contributed by atoms with Gasteiger partial charge in [-0.25, -0.2) is 0 Å². The predicted octanol–water partition coefficient (Wildman–Crippen LogP) is 1.56. The van der Waals surface area contributed by atoms with E-state index in [4.69, 9.17) is 15.2 Å². The fraction of sp³-hybridized carbons (Fsp3) is 0.417. The van der Waals surface area contributed by atoms with Crippen LogP contribution in [0.1, 0.15) is 6.42 Å². The molecule has 0 heterocycles. The van der Waals surface area contributed by atoms with Crippen LogP contribution >= 0.6 is 15.9 Å². The van der Waals surface area contributed by atoms with Crippen LogP contribution in [0.4, 0.5) is 5.69 Å². The zero-order valence-corrected chi connectivity index (χ0v) is 11.8. The normalized spacial score (nSPS) is 10.1. The van der Waals surface area contributed by atoms with E-state index in [1.54, 1.807) is 25.3 Å². The molecule has 0 radical (unpaired) electrons. The van der Waals surface area contributed by atoms with Gasteiger partial charge in [-0.2, -0.15) is 0 Å². The van der Waals surface area contributed by atoms with E-state index < -0.39 is 0 Å². The van der Waals surface area contributed by atoms with Gasteiger partial charge in [-0.1, -0.05) is 6.07 Å². The molecular weight excluding hydrogens is 300 g/mol. The average Bonchev–Trinajstić information content (AvgIpc) is 2.36. The zero-order chi connectivity index (χ0) is 13.4. The zero-order valence-electron chi connectivity index (χ0n) is 10.2. The van der Waals surface area contributed by atoms with Crippen LogP contribution in [0.3, 0.4) is 0 Å². The van der Waals surface area contributed by atoms with Crippen LogP contribution in [0.2, 0.25) is 0 Å². The Morgan fingerprint density at radius 1 is 1.50 bits per heavy atom. The van der Waals surface area contributed by atoms with Gasteiger partial charge in [0.05, 0.1) is 4.47 Å². The number of hydrogen-bond acceptors (Lipinski definition) is 4. The Hall–Kier alpha value is -1.27. The van der Waals surface area contributed by atoms with E-state index in [9.17, 15) is 4.79 Å². The van der Waals surface area contributed by atoms with Crippen LogP contribution in [0.15, 0.2) is 22.7 Å². The van der Waals surface area contributed by atoms with Crippen molar-refractivity contribution in [2.24, 2.45) is 0 Å². The minimum atomic E-state index is -0.166. The number of halogens is 1. The minimum Gasteiger partial charge on any atom is -0.483 e. The molecule has 0 aromatic heterocycles. The van der Waals surface area contributed by atoms with Crippen molar-refractivity contribution in [2.45, 2.75) is 6.42 Å². The molecule has 18 heavy (non-hydrogen) atoms. The second-order valence-electron chi connectivity index (χ2n) is 3.64. The second kappa shape index (κ2) is 7.94. The minimum absolute atomic E-state index is 0.0327. The van der Waals surface area contributed by atoms with Crippen molar-refractivity contribution in [3.63, 3.8) is 0 Å². The Labute approximate surface area is 115 Å². The van der Waals surface area contributed by atoms with E-state index in [0.29, 0.717) is 29.1 Å². The summed E-state index contributed by atoms with van der Waals surface area (Å²) in [5.74, 6) is 0.391. The molecule has 0 aliphatic heterocycles. The monoisotopic (exact) mass is 316 g/mol. The van der Waals surface area contributed by atoms with E-state index in [0.717, 1.165) is 6.42 Å². The van der Waals surface area contributed by atoms with Gasteiger partial charge in [0.2, 0.25) is 0 Å². The maximum Gasteiger partial charge on any atom is 0.257 e. The van der Waals surface area contributed by atoms with Gasteiger partial charge in [0.25, 0.3) is 5.91 Å². The maximum atomic E-state index is 11.5. The fourth-order valence-electron chi connectivity index (χ4n) is 1.28. The number of nitrogens with two attached hydrogens (primary N) is 1. The van der Waals surface area contributed by atoms with E-state index in [-0.39, 0.29) is 12.5 Å². The van der Waals surface area contributed by atoms with Crippen LogP contribution in [0.5, 0.6) is 5.75 Å². The van der Waals surface area contributed by atoms with Crippen LogP contribution < -0.4 is 15.8 Å². The van der Waals surface area contributed by atoms with Crippen molar-refractivity contribution in [1.29, 1.82) is 0 Å². The fourth-order valence-corrected chi connectivity index (χ4v) is 1.66. The van der Waals surface area contributed by atoms with Gasteiger partial charge >= 0.3 is 0 Å². The van der Waals surface area contributed by atoms with Crippen molar-refractivity contribution in [3.8, 4) is 5.75 Å². The predicted molar refractivity (Wildman–Crippen MR) is 73.6 cm³/mol. The lowest BCUT2D eigenvalue weighted by atomic mass is 10.3. The molecule has 1 aromatic rings. The number of hydrogen-bond donors (Lipinski definition) is 2. The number of amides is 1. The molecule has 0 fully saturated rings. The van der Waals surface area contributed by atoms with Gasteiger partial charge in [0.15, 0.2) is 6.61 Å². The molecule has 5 nitrogen and oxygen atoms in total. The molecule has 0 saturated carbocycles. The summed E-state index contributed by atoms with van der Waals surface area (Å²) < 4.78 is 10.9. The lowest BCUT2D eigenvalue weighted by Gasteiger charge is -2.09. The summed E-state index contributed by atoms with van der Waals surface area (Å²) in [5.41, 5.74) is 6.28. The quantitative estimate of drug-likeness (QED) is 0.591. The summed E-state index contributed by atoms with van der Waals surface area (Å²) >= 11 is 3.31. The Kier molecular flexibility index (Phi) is 6.53. The van der Waals surface area contributed by atoms with Gasteiger partial charge in [-0.3, -0.25) is 4.79 Å². The van der Waals surface area contributed by atoms with Crippen LogP contribution in [0.25, 0.3) is 0 Å². The smallest absolute Gasteiger partial charge is 0.257 e. The van der Waals surface area contributed by atoms with Crippen molar-refractivity contribution in [2.75, 3.05) is 32.6 Å². The standard InChI is InChI=1S/C12H17BrN2O3/c1-17-7-3-6-15-11(16)8-18-10-5-2-4-9(14)12(10)13/h2,4-5H,3,6-8,14H2,1H3,(H,15,16). The lowest BCUT2D eigenvalue weighted by molar-refractivity contribution is -0.123. The SMILES string of the molecule is COCCCNC(=O)COc1cccc(N)c1Br. The molecule has 1 rings (SSSR count). The summed E-state index contributed by atoms with van der Waals surface area (Å²) in [5, 5.41) is 2.73. The Morgan fingerprint density at radius 2 is 2.28 bits per heavy atom. The van der Waals surface area contributed by atoms with Gasteiger partial charge in [-0.15, -0.1) is 0 Å². The molecule has 100 valence electrons. The highest BCUT2D eigenvalue weighted by atomic mass is 79.9. The highest BCUT2D eigenvalue weighted by molar-refractivity contribution is 9.10. The summed E-state index contributed by atoms with van der Waals surface area (Å²) in [7, 11) is 1.63. The molecule has 6 heteroatoms. The molecule has 0 saturated heterocycles. The van der Waals surface area contributed by atoms with Gasteiger partial charge in [-0.05, 0) is 34.5 Å². The summed E-state index contributed by atoms with van der Waals surface area (Å²) in [6.45, 7) is 1.17. The van der Waals surface area contributed by atoms with E-state index in [1.807, 2.05) is 0 Å². The molecule has 3 N–H and O–H groups in total. The number of benzene rings is 1. The van der Waals surface area contributed by atoms with Gasteiger partial charge in [0, 0.05) is 25.9 Å². The van der Waals surface area contributed by atoms with Crippen molar-refractivity contribution in [1.82, 2.24) is 5.32 Å². The highest BCUT2D eigenvalue weighted by Gasteiger charge is 2.06. The topological polar surface area (TPSA) is 73.6 Å². The first-order valence-electron chi connectivity index (χ1n) is 5.57. The van der Waals surface area contributed by atoms with E-state index >= 15 is 0 Å². The Morgan fingerprint density at radius 3 is 3.00 bits per heavy atom. The van der Waals surface area contributed by atoms with Crippen LogP contribution in [-0.2, 0) is 9.53 Å². The third-order valence-corrected chi connectivity index (χ3v) is 3.05. The number of carbonyl (C=O) groups excluding carboxylic acids is 1. The number of carbonyl (C=O) groups is 1. The first kappa shape index (κ1) is 14.8. The van der Waals surface area contributed by atoms with Crippen LogP contribution in [0, 0.1) is 0 Å². The molecular formula is C12H17BrN2O3. The summed E-state index contributed by atoms with van der Waals surface area (Å²) in [6.07, 6.45) is 0.782. The second-order valence-corrected chi connectivity index (χ2v) is 4.44. The molecule has 1 aromatic carbocycles. The number of methoxy groups -OCH3 is 1. The summed E-state index contributed by atoms with van der Waals surface area (Å²) in [4.78, 5) is 11.5. The van der Waals surface area contributed by atoms with Crippen molar-refractivity contribution >= 4 is 27.5 Å². The molecule has 0 atom stereocenters. The highest BCUT2D eigenvalue weighted by Crippen LogP contribution is 2.29. The molecule has 0 spiro atoms. The van der Waals surface area contributed by atoms with Crippen LogP contribution in [-0.4, -0.2) is 32.8 Å². The molecule has 0 aliphatic carbocycles. The summed E-state index contributed by atoms with van der Waals surface area (Å²) in [6, 6.07) is 5.27. The number of rotatable bonds is 7.